The predicted molar refractivity (Wildman–Crippen MR) is 71.1 cm³/mol. The second-order valence-electron chi connectivity index (χ2n) is 3.56. The molecule has 6 nitrogen and oxygen atoms in total. The Balaban J connectivity index is 2.19. The smallest absolute Gasteiger partial charge is 0.354 e. The van der Waals surface area contributed by atoms with E-state index in [2.05, 4.69) is 31.2 Å². The molecule has 0 saturated carbocycles. The molecule has 0 fully saturated rings. The van der Waals surface area contributed by atoms with Gasteiger partial charge in [-0.15, -0.1) is 0 Å². The number of nitrogens with zero attached hydrogens (tertiary/aromatic N) is 2. The molecule has 2 aromatic heterocycles. The number of anilines is 1. The summed E-state index contributed by atoms with van der Waals surface area (Å²) in [5, 5.41) is 11.3. The van der Waals surface area contributed by atoms with Gasteiger partial charge in [-0.25, -0.2) is 9.78 Å². The zero-order chi connectivity index (χ0) is 13.8. The van der Waals surface area contributed by atoms with Crippen LogP contribution in [0.2, 0.25) is 0 Å². The van der Waals surface area contributed by atoms with E-state index in [0.717, 1.165) is 0 Å². The van der Waals surface area contributed by atoms with E-state index in [-0.39, 0.29) is 11.5 Å². The molecule has 0 aliphatic rings. The summed E-state index contributed by atoms with van der Waals surface area (Å²) >= 11 is 3.21. The van der Waals surface area contributed by atoms with E-state index in [4.69, 9.17) is 5.11 Å². The highest BCUT2D eigenvalue weighted by Gasteiger charge is 2.10. The van der Waals surface area contributed by atoms with Crippen molar-refractivity contribution in [3.63, 3.8) is 0 Å². The zero-order valence-corrected chi connectivity index (χ0v) is 11.1. The fourth-order valence-corrected chi connectivity index (χ4v) is 1.71. The average molecular weight is 322 g/mol. The van der Waals surface area contributed by atoms with Crippen LogP contribution >= 0.6 is 15.9 Å². The Bertz CT molecular complexity index is 646. The maximum Gasteiger partial charge on any atom is 0.354 e. The highest BCUT2D eigenvalue weighted by atomic mass is 79.9. The van der Waals surface area contributed by atoms with Crippen LogP contribution in [-0.4, -0.2) is 27.0 Å². The summed E-state index contributed by atoms with van der Waals surface area (Å²) in [6.07, 6.45) is 2.96. The molecule has 1 amide bonds. The lowest BCUT2D eigenvalue weighted by Crippen LogP contribution is -2.14. The molecule has 2 N–H and O–H groups in total. The van der Waals surface area contributed by atoms with Crippen molar-refractivity contribution in [1.29, 1.82) is 0 Å². The van der Waals surface area contributed by atoms with Gasteiger partial charge in [-0.1, -0.05) is 6.07 Å². The lowest BCUT2D eigenvalue weighted by atomic mass is 10.2. The maximum atomic E-state index is 11.9. The van der Waals surface area contributed by atoms with Crippen molar-refractivity contribution in [1.82, 2.24) is 9.97 Å². The number of rotatable bonds is 3. The molecule has 7 heteroatoms. The van der Waals surface area contributed by atoms with E-state index >= 15 is 0 Å². The monoisotopic (exact) mass is 321 g/mol. The Hall–Kier alpha value is -2.28. The van der Waals surface area contributed by atoms with E-state index in [1.807, 2.05) is 0 Å². The summed E-state index contributed by atoms with van der Waals surface area (Å²) in [6.45, 7) is 0. The normalized spacial score (nSPS) is 9.95. The van der Waals surface area contributed by atoms with Crippen LogP contribution in [-0.2, 0) is 0 Å². The molecule has 0 aliphatic carbocycles. The Morgan fingerprint density at radius 2 is 2.05 bits per heavy atom. The number of carbonyl (C=O) groups is 2. The van der Waals surface area contributed by atoms with E-state index in [1.165, 1.54) is 24.4 Å². The van der Waals surface area contributed by atoms with Crippen molar-refractivity contribution >= 4 is 33.6 Å². The van der Waals surface area contributed by atoms with Crippen LogP contribution < -0.4 is 5.32 Å². The lowest BCUT2D eigenvalue weighted by Gasteiger charge is -2.05. The summed E-state index contributed by atoms with van der Waals surface area (Å²) in [6, 6.07) is 5.96. The number of hydrogen-bond donors (Lipinski definition) is 2. The molecule has 2 rings (SSSR count). The van der Waals surface area contributed by atoms with Gasteiger partial charge in [0.1, 0.15) is 5.82 Å². The van der Waals surface area contributed by atoms with E-state index in [1.54, 1.807) is 12.3 Å². The topological polar surface area (TPSA) is 92.2 Å². The number of carbonyl (C=O) groups excluding carboxylic acids is 1. The molecule has 2 aromatic rings. The van der Waals surface area contributed by atoms with Gasteiger partial charge in [-0.05, 0) is 34.1 Å². The Labute approximate surface area is 116 Å². The number of halogens is 1. The van der Waals surface area contributed by atoms with Crippen LogP contribution in [0.15, 0.2) is 41.1 Å². The molecule has 0 atom stereocenters. The van der Waals surface area contributed by atoms with Gasteiger partial charge in [-0.3, -0.25) is 9.78 Å². The number of hydrogen-bond acceptors (Lipinski definition) is 4. The average Bonchev–Trinajstić information content (AvgIpc) is 2.39. The van der Waals surface area contributed by atoms with Crippen molar-refractivity contribution in [3.8, 4) is 0 Å². The third-order valence-electron chi connectivity index (χ3n) is 2.18. The fraction of sp³-hybridized carbons (Fsp3) is 0. The third-order valence-corrected chi connectivity index (χ3v) is 2.61. The summed E-state index contributed by atoms with van der Waals surface area (Å²) in [4.78, 5) is 30.3. The van der Waals surface area contributed by atoms with Crippen molar-refractivity contribution in [3.05, 3.63) is 52.4 Å². The van der Waals surface area contributed by atoms with Gasteiger partial charge in [0.25, 0.3) is 5.91 Å². The number of nitrogens with one attached hydrogen (secondary N) is 1. The lowest BCUT2D eigenvalue weighted by molar-refractivity contribution is 0.0690. The molecule has 0 radical (unpaired) electrons. The minimum atomic E-state index is -1.15. The second-order valence-corrected chi connectivity index (χ2v) is 4.47. The molecule has 0 saturated heterocycles. The van der Waals surface area contributed by atoms with Gasteiger partial charge in [0, 0.05) is 16.9 Å². The molecular weight excluding hydrogens is 314 g/mol. The highest BCUT2D eigenvalue weighted by molar-refractivity contribution is 9.10. The van der Waals surface area contributed by atoms with Crippen LogP contribution in [0.3, 0.4) is 0 Å². The van der Waals surface area contributed by atoms with Crippen LogP contribution in [0, 0.1) is 0 Å². The second kappa shape index (κ2) is 5.57. The Morgan fingerprint density at radius 1 is 1.26 bits per heavy atom. The summed E-state index contributed by atoms with van der Waals surface area (Å²) < 4.78 is 0.674. The molecule has 2 heterocycles. The maximum absolute atomic E-state index is 11.9. The number of aromatic nitrogens is 2. The summed E-state index contributed by atoms with van der Waals surface area (Å²) in [5.41, 5.74) is 0.210. The predicted octanol–water partition coefficient (Wildman–Crippen LogP) is 2.19. The van der Waals surface area contributed by atoms with Crippen LogP contribution in [0.5, 0.6) is 0 Å². The first kappa shape index (κ1) is 13.2. The third kappa shape index (κ3) is 3.35. The van der Waals surface area contributed by atoms with E-state index in [0.29, 0.717) is 10.0 Å². The van der Waals surface area contributed by atoms with Crippen molar-refractivity contribution in [2.24, 2.45) is 0 Å². The minimum absolute atomic E-state index is 0.134. The number of carboxylic acid groups (broad SMARTS) is 1. The minimum Gasteiger partial charge on any atom is -0.477 e. The standard InChI is InChI=1S/C12H8BrN3O3/c13-8-4-7(5-14-6-8)11(17)16-10-3-1-2-9(15-10)12(18)19/h1-6H,(H,18,19)(H,15,16,17). The molecule has 0 aromatic carbocycles. The summed E-state index contributed by atoms with van der Waals surface area (Å²) in [7, 11) is 0. The highest BCUT2D eigenvalue weighted by Crippen LogP contribution is 2.12. The van der Waals surface area contributed by atoms with Gasteiger partial charge in [0.05, 0.1) is 5.56 Å². The van der Waals surface area contributed by atoms with Crippen molar-refractivity contribution in [2.75, 3.05) is 5.32 Å². The van der Waals surface area contributed by atoms with Gasteiger partial charge in [0.2, 0.25) is 0 Å². The number of amides is 1. The van der Waals surface area contributed by atoms with Crippen molar-refractivity contribution < 1.29 is 14.7 Å². The number of carboxylic acids is 1. The van der Waals surface area contributed by atoms with Crippen LogP contribution in [0.25, 0.3) is 0 Å². The van der Waals surface area contributed by atoms with Crippen LogP contribution in [0.1, 0.15) is 20.8 Å². The van der Waals surface area contributed by atoms with E-state index in [9.17, 15) is 9.59 Å². The van der Waals surface area contributed by atoms with Gasteiger partial charge in [0.15, 0.2) is 5.69 Å². The molecule has 96 valence electrons. The first-order valence-corrected chi connectivity index (χ1v) is 5.98. The molecule has 0 spiro atoms. The van der Waals surface area contributed by atoms with Gasteiger partial charge < -0.3 is 10.4 Å². The largest absolute Gasteiger partial charge is 0.477 e. The fourth-order valence-electron chi connectivity index (χ4n) is 1.35. The van der Waals surface area contributed by atoms with E-state index < -0.39 is 11.9 Å². The SMILES string of the molecule is O=C(Nc1cccc(C(=O)O)n1)c1cncc(Br)c1. The van der Waals surface area contributed by atoms with Crippen LogP contribution in [0.4, 0.5) is 5.82 Å². The Kier molecular flexibility index (Phi) is 3.86. The number of aromatic carboxylic acids is 1. The molecule has 0 aliphatic heterocycles. The molecule has 0 unspecified atom stereocenters. The summed E-state index contributed by atoms with van der Waals surface area (Å²) in [5.74, 6) is -1.39. The molecular formula is C12H8BrN3O3. The first-order valence-electron chi connectivity index (χ1n) is 5.18. The van der Waals surface area contributed by atoms with Crippen molar-refractivity contribution in [2.45, 2.75) is 0 Å². The van der Waals surface area contributed by atoms with Gasteiger partial charge >= 0.3 is 5.97 Å². The zero-order valence-electron chi connectivity index (χ0n) is 9.50. The number of pyridine rings is 2. The first-order chi connectivity index (χ1) is 9.06. The Morgan fingerprint density at radius 3 is 2.74 bits per heavy atom. The van der Waals surface area contributed by atoms with Gasteiger partial charge in [-0.2, -0.15) is 0 Å². The molecule has 0 bridgehead atoms. The molecule has 19 heavy (non-hydrogen) atoms. The quantitative estimate of drug-likeness (QED) is 0.904.